The molecule has 1 amide bonds. The average Bonchev–Trinajstić information content (AvgIpc) is 2.34. The van der Waals surface area contributed by atoms with Crippen molar-refractivity contribution in [3.05, 3.63) is 23.8 Å². The smallest absolute Gasteiger partial charge is 0.238 e. The van der Waals surface area contributed by atoms with Crippen molar-refractivity contribution in [1.82, 2.24) is 4.90 Å². The topological polar surface area (TPSA) is 58.4 Å². The van der Waals surface area contributed by atoms with Gasteiger partial charge in [0.2, 0.25) is 5.91 Å². The van der Waals surface area contributed by atoms with Gasteiger partial charge in [0.15, 0.2) is 0 Å². The van der Waals surface area contributed by atoms with Crippen molar-refractivity contribution in [3.63, 3.8) is 0 Å². The molecule has 1 aromatic carbocycles. The van der Waals surface area contributed by atoms with Gasteiger partial charge in [0, 0.05) is 17.4 Å². The Morgan fingerprint density at radius 2 is 2.16 bits per heavy atom. The third-order valence-electron chi connectivity index (χ3n) is 3.39. The van der Waals surface area contributed by atoms with E-state index in [1.807, 2.05) is 26.1 Å². The molecule has 4 heteroatoms. The number of carbonyl (C=O) groups is 1. The number of hydrogen-bond donors (Lipinski definition) is 2. The minimum absolute atomic E-state index is 0.000784. The van der Waals surface area contributed by atoms with Crippen molar-refractivity contribution in [3.8, 4) is 0 Å². The van der Waals surface area contributed by atoms with Gasteiger partial charge >= 0.3 is 0 Å². The molecule has 19 heavy (non-hydrogen) atoms. The normalized spacial score (nSPS) is 12.5. The lowest BCUT2D eigenvalue weighted by Crippen LogP contribution is -2.36. The number of aryl methyl sites for hydroxylation is 1. The minimum atomic E-state index is -0.000784. The molecular weight excluding hydrogens is 238 g/mol. The van der Waals surface area contributed by atoms with Crippen LogP contribution in [0.5, 0.6) is 0 Å². The van der Waals surface area contributed by atoms with Crippen LogP contribution in [0.2, 0.25) is 0 Å². The first-order chi connectivity index (χ1) is 8.93. The highest BCUT2D eigenvalue weighted by atomic mass is 16.2. The maximum Gasteiger partial charge on any atom is 0.238 e. The summed E-state index contributed by atoms with van der Waals surface area (Å²) in [7, 11) is 1.98. The van der Waals surface area contributed by atoms with E-state index in [4.69, 9.17) is 5.73 Å². The summed E-state index contributed by atoms with van der Waals surface area (Å²) in [6, 6.07) is 5.95. The van der Waals surface area contributed by atoms with Crippen LogP contribution in [0.1, 0.15) is 32.3 Å². The van der Waals surface area contributed by atoms with Crippen LogP contribution in [0, 0.1) is 6.92 Å². The van der Waals surface area contributed by atoms with Gasteiger partial charge in [0.25, 0.3) is 0 Å². The molecule has 0 saturated heterocycles. The Morgan fingerprint density at radius 1 is 1.47 bits per heavy atom. The number of nitrogens with one attached hydrogen (secondary N) is 1. The van der Waals surface area contributed by atoms with Crippen LogP contribution in [0.3, 0.4) is 0 Å². The Bertz CT molecular complexity index is 431. The second-order valence-corrected chi connectivity index (χ2v) is 5.18. The largest absolute Gasteiger partial charge is 0.399 e. The van der Waals surface area contributed by atoms with Crippen molar-refractivity contribution in [2.24, 2.45) is 0 Å². The number of anilines is 2. The van der Waals surface area contributed by atoms with E-state index in [9.17, 15) is 4.79 Å². The van der Waals surface area contributed by atoms with E-state index in [2.05, 4.69) is 24.1 Å². The lowest BCUT2D eigenvalue weighted by molar-refractivity contribution is -0.117. The molecule has 0 fully saturated rings. The molecule has 0 aliphatic heterocycles. The molecule has 1 rings (SSSR count). The predicted octanol–water partition coefficient (Wildman–Crippen LogP) is 2.64. The summed E-state index contributed by atoms with van der Waals surface area (Å²) in [6.07, 6.45) is 2.22. The van der Waals surface area contributed by atoms with Crippen molar-refractivity contribution in [2.45, 2.75) is 39.7 Å². The Balaban J connectivity index is 2.57. The Hall–Kier alpha value is -1.55. The molecule has 0 saturated carbocycles. The minimum Gasteiger partial charge on any atom is -0.399 e. The monoisotopic (exact) mass is 263 g/mol. The maximum absolute atomic E-state index is 12.0. The maximum atomic E-state index is 12.0. The fourth-order valence-electron chi connectivity index (χ4n) is 1.98. The predicted molar refractivity (Wildman–Crippen MR) is 81.2 cm³/mol. The van der Waals surface area contributed by atoms with Crippen LogP contribution < -0.4 is 11.1 Å². The van der Waals surface area contributed by atoms with Gasteiger partial charge in [-0.05, 0) is 45.0 Å². The number of likely N-dealkylation sites (N-methyl/N-ethyl adjacent to an activating group) is 1. The zero-order valence-electron chi connectivity index (χ0n) is 12.4. The molecule has 1 aromatic rings. The molecule has 0 radical (unpaired) electrons. The summed E-state index contributed by atoms with van der Waals surface area (Å²) in [6.45, 7) is 6.65. The number of nitrogen functional groups attached to an aromatic ring is 1. The van der Waals surface area contributed by atoms with Crippen molar-refractivity contribution in [2.75, 3.05) is 24.6 Å². The molecule has 1 unspecified atom stereocenters. The van der Waals surface area contributed by atoms with Crippen LogP contribution in [0.25, 0.3) is 0 Å². The molecular formula is C15H25N3O. The number of amides is 1. The highest BCUT2D eigenvalue weighted by molar-refractivity contribution is 5.93. The SMILES string of the molecule is CCCC(C)N(C)CC(=O)Nc1cc(N)ccc1C. The van der Waals surface area contributed by atoms with E-state index in [0.29, 0.717) is 18.3 Å². The molecule has 0 aromatic heterocycles. The number of hydrogen-bond acceptors (Lipinski definition) is 3. The van der Waals surface area contributed by atoms with E-state index in [1.165, 1.54) is 0 Å². The molecule has 106 valence electrons. The average molecular weight is 263 g/mol. The van der Waals surface area contributed by atoms with Gasteiger partial charge in [-0.1, -0.05) is 19.4 Å². The number of rotatable bonds is 6. The van der Waals surface area contributed by atoms with Crippen LogP contribution in [0.15, 0.2) is 18.2 Å². The molecule has 0 aliphatic rings. The number of nitrogens with two attached hydrogens (primary N) is 1. The number of benzene rings is 1. The van der Waals surface area contributed by atoms with E-state index in [1.54, 1.807) is 6.07 Å². The first-order valence-electron chi connectivity index (χ1n) is 6.80. The van der Waals surface area contributed by atoms with E-state index < -0.39 is 0 Å². The highest BCUT2D eigenvalue weighted by Gasteiger charge is 2.13. The first kappa shape index (κ1) is 15.5. The summed E-state index contributed by atoms with van der Waals surface area (Å²) < 4.78 is 0. The molecule has 0 bridgehead atoms. The summed E-state index contributed by atoms with van der Waals surface area (Å²) in [5, 5.41) is 2.92. The standard InChI is InChI=1S/C15H25N3O/c1-5-6-12(3)18(4)10-15(19)17-14-9-13(16)8-7-11(14)2/h7-9,12H,5-6,10,16H2,1-4H3,(H,17,19). The molecule has 0 spiro atoms. The number of nitrogens with zero attached hydrogens (tertiary/aromatic N) is 1. The second kappa shape index (κ2) is 7.14. The lowest BCUT2D eigenvalue weighted by Gasteiger charge is -2.23. The third kappa shape index (κ3) is 4.91. The van der Waals surface area contributed by atoms with E-state index in [-0.39, 0.29) is 5.91 Å². The first-order valence-corrected chi connectivity index (χ1v) is 6.80. The highest BCUT2D eigenvalue weighted by Crippen LogP contribution is 2.18. The lowest BCUT2D eigenvalue weighted by atomic mass is 10.1. The molecule has 0 heterocycles. The van der Waals surface area contributed by atoms with Crippen LogP contribution in [-0.2, 0) is 4.79 Å². The van der Waals surface area contributed by atoms with Gasteiger partial charge < -0.3 is 11.1 Å². The Kier molecular flexibility index (Phi) is 5.83. The van der Waals surface area contributed by atoms with Gasteiger partial charge in [-0.25, -0.2) is 0 Å². The van der Waals surface area contributed by atoms with Crippen LogP contribution in [-0.4, -0.2) is 30.4 Å². The number of carbonyl (C=O) groups excluding carboxylic acids is 1. The summed E-state index contributed by atoms with van der Waals surface area (Å²) in [5.41, 5.74) is 8.20. The Labute approximate surface area is 116 Å². The quantitative estimate of drug-likeness (QED) is 0.776. The molecule has 0 aliphatic carbocycles. The fraction of sp³-hybridized carbons (Fsp3) is 0.533. The zero-order valence-corrected chi connectivity index (χ0v) is 12.4. The van der Waals surface area contributed by atoms with Gasteiger partial charge in [-0.3, -0.25) is 9.69 Å². The van der Waals surface area contributed by atoms with Crippen molar-refractivity contribution >= 4 is 17.3 Å². The zero-order chi connectivity index (χ0) is 14.4. The molecule has 3 N–H and O–H groups in total. The van der Waals surface area contributed by atoms with Gasteiger partial charge in [-0.15, -0.1) is 0 Å². The van der Waals surface area contributed by atoms with Gasteiger partial charge in [0.1, 0.15) is 0 Å². The summed E-state index contributed by atoms with van der Waals surface area (Å²) in [5.74, 6) is -0.000784. The second-order valence-electron chi connectivity index (χ2n) is 5.18. The van der Waals surface area contributed by atoms with Gasteiger partial charge in [0.05, 0.1) is 6.54 Å². The fourth-order valence-corrected chi connectivity index (χ4v) is 1.98. The van der Waals surface area contributed by atoms with Crippen LogP contribution >= 0.6 is 0 Å². The Morgan fingerprint density at radius 3 is 2.79 bits per heavy atom. The summed E-state index contributed by atoms with van der Waals surface area (Å²) in [4.78, 5) is 14.1. The van der Waals surface area contributed by atoms with E-state index in [0.717, 1.165) is 24.1 Å². The van der Waals surface area contributed by atoms with E-state index >= 15 is 0 Å². The molecule has 4 nitrogen and oxygen atoms in total. The van der Waals surface area contributed by atoms with Gasteiger partial charge in [-0.2, -0.15) is 0 Å². The molecule has 1 atom stereocenters. The van der Waals surface area contributed by atoms with Crippen LogP contribution in [0.4, 0.5) is 11.4 Å². The van der Waals surface area contributed by atoms with Crippen molar-refractivity contribution in [1.29, 1.82) is 0 Å². The van der Waals surface area contributed by atoms with Crippen molar-refractivity contribution < 1.29 is 4.79 Å². The third-order valence-corrected chi connectivity index (χ3v) is 3.39. The summed E-state index contributed by atoms with van der Waals surface area (Å²) >= 11 is 0.